The highest BCUT2D eigenvalue weighted by Gasteiger charge is 2.41. The van der Waals surface area contributed by atoms with Crippen LogP contribution in [0.2, 0.25) is 0 Å². The minimum absolute atomic E-state index is 0.112. The quantitative estimate of drug-likeness (QED) is 0.822. The number of thioether (sulfide) groups is 1. The number of alkyl halides is 2. The molecule has 2 saturated heterocycles. The molecule has 0 saturated carbocycles. The first-order valence-corrected chi connectivity index (χ1v) is 9.05. The van der Waals surface area contributed by atoms with Crippen molar-refractivity contribution in [2.24, 2.45) is 12.5 Å². The lowest BCUT2D eigenvalue weighted by atomic mass is 9.79. The maximum atomic E-state index is 12.9. The largest absolute Gasteiger partial charge is 0.334 e. The van der Waals surface area contributed by atoms with Gasteiger partial charge in [0.2, 0.25) is 0 Å². The second-order valence-corrected chi connectivity index (χ2v) is 7.59. The minimum Gasteiger partial charge on any atom is -0.334 e. The van der Waals surface area contributed by atoms with E-state index in [-0.39, 0.29) is 11.1 Å². The lowest BCUT2D eigenvalue weighted by Gasteiger charge is -2.39. The molecule has 1 aromatic rings. The molecule has 24 heavy (non-hydrogen) atoms. The lowest BCUT2D eigenvalue weighted by molar-refractivity contribution is -0.145. The van der Waals surface area contributed by atoms with Crippen LogP contribution in [-0.4, -0.2) is 51.1 Å². The molecule has 2 fully saturated rings. The van der Waals surface area contributed by atoms with Gasteiger partial charge in [-0.25, -0.2) is 8.78 Å². The number of likely N-dealkylation sites (tertiary alicyclic amines) is 1. The van der Waals surface area contributed by atoms with Gasteiger partial charge in [0.05, 0.1) is 5.69 Å². The third kappa shape index (κ3) is 3.40. The number of hydrogen-bond donors (Lipinski definition) is 1. The Bertz CT molecular complexity index is 643. The van der Waals surface area contributed by atoms with Crippen LogP contribution in [0.3, 0.4) is 0 Å². The molecule has 1 atom stereocenters. The zero-order valence-corrected chi connectivity index (χ0v) is 14.2. The summed E-state index contributed by atoms with van der Waals surface area (Å²) in [5, 5.41) is 5.91. The fourth-order valence-electron chi connectivity index (χ4n) is 3.44. The van der Waals surface area contributed by atoms with E-state index in [4.69, 9.17) is 0 Å². The van der Waals surface area contributed by atoms with Gasteiger partial charge in [-0.2, -0.15) is 16.9 Å². The Balaban J connectivity index is 1.68. The average molecular weight is 358 g/mol. The van der Waals surface area contributed by atoms with Crippen molar-refractivity contribution in [2.75, 3.05) is 29.9 Å². The molecule has 1 N–H and O–H groups in total. The normalized spacial score (nSPS) is 23.9. The number of aryl methyl sites for hydroxylation is 1. The van der Waals surface area contributed by atoms with Crippen LogP contribution in [0.15, 0.2) is 6.20 Å². The zero-order valence-electron chi connectivity index (χ0n) is 13.4. The van der Waals surface area contributed by atoms with Crippen molar-refractivity contribution < 1.29 is 18.4 Å². The molecule has 1 aromatic heterocycles. The lowest BCUT2D eigenvalue weighted by Crippen LogP contribution is -2.49. The van der Waals surface area contributed by atoms with E-state index in [9.17, 15) is 18.4 Å². The molecule has 132 valence electrons. The molecule has 6 nitrogen and oxygen atoms in total. The number of nitrogens with zero attached hydrogens (tertiary/aromatic N) is 3. The van der Waals surface area contributed by atoms with E-state index in [1.807, 2.05) is 11.8 Å². The molecule has 0 aromatic carbocycles. The van der Waals surface area contributed by atoms with Crippen LogP contribution in [0.1, 0.15) is 31.4 Å². The highest BCUT2D eigenvalue weighted by atomic mass is 32.2. The minimum atomic E-state index is -2.81. The summed E-state index contributed by atoms with van der Waals surface area (Å²) in [6, 6.07) is 0. The number of aromatic nitrogens is 2. The van der Waals surface area contributed by atoms with Crippen molar-refractivity contribution in [3.05, 3.63) is 11.9 Å². The van der Waals surface area contributed by atoms with Crippen LogP contribution >= 0.6 is 11.8 Å². The maximum absolute atomic E-state index is 12.9. The summed E-state index contributed by atoms with van der Waals surface area (Å²) in [4.78, 5) is 26.2. The number of hydrogen-bond acceptors (Lipinski definition) is 4. The smallest absolute Gasteiger partial charge is 0.314 e. The van der Waals surface area contributed by atoms with Crippen molar-refractivity contribution in [1.82, 2.24) is 14.7 Å². The molecule has 0 radical (unpaired) electrons. The summed E-state index contributed by atoms with van der Waals surface area (Å²) in [5.41, 5.74) is -0.531. The fraction of sp³-hybridized carbons (Fsp3) is 0.667. The van der Waals surface area contributed by atoms with Gasteiger partial charge in [-0.15, -0.1) is 0 Å². The van der Waals surface area contributed by atoms with Gasteiger partial charge in [0.25, 0.3) is 6.43 Å². The SMILES string of the molecule is Cn1cc(NC(=O)C(=O)N2CCCC3(CCSC3)C2)c(C(F)F)n1. The second kappa shape index (κ2) is 6.70. The molecule has 9 heteroatoms. The third-order valence-corrected chi connectivity index (χ3v) is 5.95. The third-order valence-electron chi connectivity index (χ3n) is 4.64. The zero-order chi connectivity index (χ0) is 17.3. The Morgan fingerprint density at radius 3 is 2.88 bits per heavy atom. The summed E-state index contributed by atoms with van der Waals surface area (Å²) in [6.07, 6.45) is 1.46. The number of anilines is 1. The number of amides is 2. The molecule has 3 heterocycles. The molecule has 0 bridgehead atoms. The van der Waals surface area contributed by atoms with E-state index in [2.05, 4.69) is 10.4 Å². The summed E-state index contributed by atoms with van der Waals surface area (Å²) in [6.45, 7) is 1.11. The highest BCUT2D eigenvalue weighted by Crippen LogP contribution is 2.42. The first kappa shape index (κ1) is 17.2. The molecule has 3 rings (SSSR count). The number of nitrogens with one attached hydrogen (secondary N) is 1. The first-order chi connectivity index (χ1) is 11.4. The number of piperidine rings is 1. The summed E-state index contributed by atoms with van der Waals surface area (Å²) in [7, 11) is 1.48. The van der Waals surface area contributed by atoms with Gasteiger partial charge in [-0.3, -0.25) is 14.3 Å². The Morgan fingerprint density at radius 2 is 2.21 bits per heavy atom. The van der Waals surface area contributed by atoms with Crippen LogP contribution < -0.4 is 5.32 Å². The van der Waals surface area contributed by atoms with Gasteiger partial charge in [0, 0.05) is 32.1 Å². The van der Waals surface area contributed by atoms with Crippen LogP contribution in [0.4, 0.5) is 14.5 Å². The Hall–Kier alpha value is -1.64. The number of rotatable bonds is 2. The van der Waals surface area contributed by atoms with Crippen molar-refractivity contribution >= 4 is 29.3 Å². The van der Waals surface area contributed by atoms with E-state index in [1.54, 1.807) is 4.90 Å². The van der Waals surface area contributed by atoms with Gasteiger partial charge in [-0.1, -0.05) is 0 Å². The van der Waals surface area contributed by atoms with Crippen molar-refractivity contribution in [3.8, 4) is 0 Å². The molecule has 2 aliphatic rings. The van der Waals surface area contributed by atoms with Crippen LogP contribution in [0.5, 0.6) is 0 Å². The van der Waals surface area contributed by atoms with E-state index in [0.29, 0.717) is 13.1 Å². The van der Waals surface area contributed by atoms with E-state index in [0.717, 1.165) is 30.8 Å². The van der Waals surface area contributed by atoms with Crippen LogP contribution in [0.25, 0.3) is 0 Å². The van der Waals surface area contributed by atoms with Crippen LogP contribution in [0, 0.1) is 5.41 Å². The van der Waals surface area contributed by atoms with Gasteiger partial charge < -0.3 is 10.2 Å². The highest BCUT2D eigenvalue weighted by molar-refractivity contribution is 7.99. The van der Waals surface area contributed by atoms with E-state index < -0.39 is 23.9 Å². The van der Waals surface area contributed by atoms with Crippen LogP contribution in [-0.2, 0) is 16.6 Å². The first-order valence-electron chi connectivity index (χ1n) is 7.90. The van der Waals surface area contributed by atoms with Gasteiger partial charge in [0.1, 0.15) is 0 Å². The van der Waals surface area contributed by atoms with Gasteiger partial charge >= 0.3 is 11.8 Å². The predicted molar refractivity (Wildman–Crippen MR) is 87.0 cm³/mol. The Morgan fingerprint density at radius 1 is 1.42 bits per heavy atom. The second-order valence-electron chi connectivity index (χ2n) is 6.49. The number of halogens is 2. The molecule has 1 unspecified atom stereocenters. The molecule has 2 amide bonds. The molecule has 2 aliphatic heterocycles. The summed E-state index contributed by atoms with van der Waals surface area (Å²) < 4.78 is 27.0. The molecular weight excluding hydrogens is 338 g/mol. The standard InChI is InChI=1S/C15H20F2N4O2S/c1-20-7-10(11(19-20)12(16)17)18-13(22)14(23)21-5-2-3-15(8-21)4-6-24-9-15/h7,12H,2-6,8-9H2,1H3,(H,18,22). The summed E-state index contributed by atoms with van der Waals surface area (Å²) in [5.74, 6) is 0.556. The van der Waals surface area contributed by atoms with Crippen molar-refractivity contribution in [1.29, 1.82) is 0 Å². The monoisotopic (exact) mass is 358 g/mol. The molecule has 1 spiro atoms. The molecule has 0 aliphatic carbocycles. The predicted octanol–water partition coefficient (Wildman–Crippen LogP) is 2.04. The van der Waals surface area contributed by atoms with Gasteiger partial charge in [0.15, 0.2) is 5.69 Å². The van der Waals surface area contributed by atoms with Crippen molar-refractivity contribution in [3.63, 3.8) is 0 Å². The topological polar surface area (TPSA) is 67.2 Å². The van der Waals surface area contributed by atoms with E-state index in [1.165, 1.54) is 17.9 Å². The Kier molecular flexibility index (Phi) is 4.80. The summed E-state index contributed by atoms with van der Waals surface area (Å²) >= 11 is 1.88. The fourth-order valence-corrected chi connectivity index (χ4v) is 4.97. The number of carbonyl (C=O) groups is 2. The van der Waals surface area contributed by atoms with Crippen molar-refractivity contribution in [2.45, 2.75) is 25.7 Å². The maximum Gasteiger partial charge on any atom is 0.314 e. The van der Waals surface area contributed by atoms with E-state index >= 15 is 0 Å². The Labute approximate surface area is 142 Å². The molecular formula is C15H20F2N4O2S. The number of carbonyl (C=O) groups excluding carboxylic acids is 2. The average Bonchev–Trinajstić information content (AvgIpc) is 3.13. The van der Waals surface area contributed by atoms with Gasteiger partial charge in [-0.05, 0) is 30.4 Å².